The van der Waals surface area contributed by atoms with Gasteiger partial charge in [-0.15, -0.1) is 0 Å². The fourth-order valence-corrected chi connectivity index (χ4v) is 1.72. The molecule has 2 rings (SSSR count). The number of hydrogen-bond acceptors (Lipinski definition) is 3. The molecule has 3 nitrogen and oxygen atoms in total. The van der Waals surface area contributed by atoms with Crippen molar-refractivity contribution in [2.75, 3.05) is 12.4 Å². The molecule has 0 aromatic heterocycles. The number of nitrogens with zero attached hydrogens (tertiary/aromatic N) is 1. The summed E-state index contributed by atoms with van der Waals surface area (Å²) in [5.74, 6) is 0.430. The lowest BCUT2D eigenvalue weighted by molar-refractivity contribution is 0.415. The Labute approximate surface area is 111 Å². The minimum absolute atomic E-state index is 0.342. The van der Waals surface area contributed by atoms with E-state index in [2.05, 4.69) is 11.4 Å². The van der Waals surface area contributed by atoms with Gasteiger partial charge in [0.1, 0.15) is 11.6 Å². The molecule has 96 valence electrons. The molecule has 19 heavy (non-hydrogen) atoms. The minimum atomic E-state index is -0.342. The van der Waals surface area contributed by atoms with Crippen LogP contribution in [0.3, 0.4) is 0 Å². The van der Waals surface area contributed by atoms with E-state index < -0.39 is 0 Å². The summed E-state index contributed by atoms with van der Waals surface area (Å²) in [6.45, 7) is 0.396. The van der Waals surface area contributed by atoms with E-state index in [1.165, 1.54) is 18.2 Å². The van der Waals surface area contributed by atoms with Gasteiger partial charge in [-0.25, -0.2) is 4.39 Å². The van der Waals surface area contributed by atoms with Crippen molar-refractivity contribution in [3.05, 3.63) is 59.4 Å². The molecule has 0 unspecified atom stereocenters. The molecule has 0 aliphatic heterocycles. The molecule has 0 heterocycles. The molecule has 0 aliphatic carbocycles. The normalized spacial score (nSPS) is 9.74. The molecule has 0 atom stereocenters. The Hall–Kier alpha value is -2.54. The van der Waals surface area contributed by atoms with Crippen molar-refractivity contribution in [1.82, 2.24) is 0 Å². The van der Waals surface area contributed by atoms with Gasteiger partial charge >= 0.3 is 0 Å². The molecule has 0 aliphatic rings. The van der Waals surface area contributed by atoms with E-state index in [0.29, 0.717) is 17.7 Å². The number of rotatable bonds is 4. The van der Waals surface area contributed by atoms with Gasteiger partial charge in [0.2, 0.25) is 0 Å². The zero-order chi connectivity index (χ0) is 13.7. The lowest BCUT2D eigenvalue weighted by atomic mass is 10.1. The molecule has 2 aromatic carbocycles. The van der Waals surface area contributed by atoms with E-state index >= 15 is 0 Å². The maximum Gasteiger partial charge on any atom is 0.123 e. The van der Waals surface area contributed by atoms with Gasteiger partial charge in [0, 0.05) is 12.2 Å². The van der Waals surface area contributed by atoms with Crippen molar-refractivity contribution in [2.45, 2.75) is 6.54 Å². The summed E-state index contributed by atoms with van der Waals surface area (Å²) in [4.78, 5) is 0. The fraction of sp³-hybridized carbons (Fsp3) is 0.133. The summed E-state index contributed by atoms with van der Waals surface area (Å²) >= 11 is 0. The standard InChI is InChI=1S/C15H13FN2O/c1-19-15-6-4-14(5-7-15)18-10-12-8-13(16)3-2-11(12)9-17/h2-8,18H,10H2,1H3. The highest BCUT2D eigenvalue weighted by atomic mass is 19.1. The highest BCUT2D eigenvalue weighted by Gasteiger charge is 2.03. The Morgan fingerprint density at radius 1 is 1.21 bits per heavy atom. The van der Waals surface area contributed by atoms with Crippen molar-refractivity contribution in [3.8, 4) is 11.8 Å². The molecule has 0 saturated carbocycles. The number of hydrogen-bond donors (Lipinski definition) is 1. The van der Waals surface area contributed by atoms with Gasteiger partial charge in [-0.3, -0.25) is 0 Å². The second-order valence-corrected chi connectivity index (χ2v) is 4.00. The molecule has 0 radical (unpaired) electrons. The number of anilines is 1. The lowest BCUT2D eigenvalue weighted by Gasteiger charge is -2.08. The van der Waals surface area contributed by atoms with E-state index in [4.69, 9.17) is 10.00 Å². The van der Waals surface area contributed by atoms with Gasteiger partial charge in [-0.2, -0.15) is 5.26 Å². The molecule has 0 fully saturated rings. The van der Waals surface area contributed by atoms with Crippen LogP contribution >= 0.6 is 0 Å². The van der Waals surface area contributed by atoms with Crippen LogP contribution in [-0.2, 0) is 6.54 Å². The van der Waals surface area contributed by atoms with Crippen LogP contribution in [0.5, 0.6) is 5.75 Å². The molecule has 0 bridgehead atoms. The Morgan fingerprint density at radius 2 is 1.95 bits per heavy atom. The number of halogens is 1. The van der Waals surface area contributed by atoms with Crippen molar-refractivity contribution >= 4 is 5.69 Å². The number of benzene rings is 2. The maximum absolute atomic E-state index is 13.2. The average Bonchev–Trinajstić information content (AvgIpc) is 2.46. The Morgan fingerprint density at radius 3 is 2.58 bits per heavy atom. The Bertz CT molecular complexity index is 603. The zero-order valence-electron chi connectivity index (χ0n) is 10.5. The van der Waals surface area contributed by atoms with Gasteiger partial charge in [0.15, 0.2) is 0 Å². The largest absolute Gasteiger partial charge is 0.497 e. The molecular formula is C15H13FN2O. The Kier molecular flexibility index (Phi) is 3.99. The van der Waals surface area contributed by atoms with Crippen molar-refractivity contribution in [1.29, 1.82) is 5.26 Å². The smallest absolute Gasteiger partial charge is 0.123 e. The highest BCUT2D eigenvalue weighted by Crippen LogP contribution is 2.17. The first-order valence-corrected chi connectivity index (χ1v) is 5.79. The first kappa shape index (κ1) is 12.9. The Balaban J connectivity index is 2.09. The summed E-state index contributed by atoms with van der Waals surface area (Å²) < 4.78 is 18.2. The van der Waals surface area contributed by atoms with Crippen molar-refractivity contribution in [3.63, 3.8) is 0 Å². The minimum Gasteiger partial charge on any atom is -0.497 e. The summed E-state index contributed by atoms with van der Waals surface area (Å²) in [5.41, 5.74) is 2.00. The predicted molar refractivity (Wildman–Crippen MR) is 71.4 cm³/mol. The van der Waals surface area contributed by atoms with E-state index in [0.717, 1.165) is 11.4 Å². The van der Waals surface area contributed by atoms with Gasteiger partial charge in [-0.1, -0.05) is 0 Å². The van der Waals surface area contributed by atoms with E-state index in [9.17, 15) is 4.39 Å². The molecule has 0 spiro atoms. The molecule has 4 heteroatoms. The van der Waals surface area contributed by atoms with Crippen LogP contribution in [0.25, 0.3) is 0 Å². The summed E-state index contributed by atoms with van der Waals surface area (Å²) in [6.07, 6.45) is 0. The van der Waals surface area contributed by atoms with Crippen molar-refractivity contribution in [2.24, 2.45) is 0 Å². The van der Waals surface area contributed by atoms with Gasteiger partial charge in [0.25, 0.3) is 0 Å². The maximum atomic E-state index is 13.2. The van der Waals surface area contributed by atoms with Gasteiger partial charge in [-0.05, 0) is 48.0 Å². The molecule has 1 N–H and O–H groups in total. The van der Waals surface area contributed by atoms with Crippen molar-refractivity contribution < 1.29 is 9.13 Å². The monoisotopic (exact) mass is 256 g/mol. The third-order valence-corrected chi connectivity index (χ3v) is 2.76. The fourth-order valence-electron chi connectivity index (χ4n) is 1.72. The number of ether oxygens (including phenoxy) is 1. The summed E-state index contributed by atoms with van der Waals surface area (Å²) in [6, 6.07) is 13.6. The summed E-state index contributed by atoms with van der Waals surface area (Å²) in [7, 11) is 1.61. The predicted octanol–water partition coefficient (Wildman–Crippen LogP) is 3.32. The summed E-state index contributed by atoms with van der Waals surface area (Å²) in [5, 5.41) is 12.1. The van der Waals surface area contributed by atoms with E-state index in [-0.39, 0.29) is 5.82 Å². The molecule has 2 aromatic rings. The molecule has 0 amide bonds. The highest BCUT2D eigenvalue weighted by molar-refractivity contribution is 5.48. The van der Waals surface area contributed by atoms with E-state index in [1.54, 1.807) is 7.11 Å². The van der Waals surface area contributed by atoms with Crippen LogP contribution in [0.4, 0.5) is 10.1 Å². The van der Waals surface area contributed by atoms with Crippen LogP contribution in [0, 0.1) is 17.1 Å². The first-order valence-electron chi connectivity index (χ1n) is 5.79. The molecule has 0 saturated heterocycles. The second-order valence-electron chi connectivity index (χ2n) is 4.00. The van der Waals surface area contributed by atoms with E-state index in [1.807, 2.05) is 24.3 Å². The average molecular weight is 256 g/mol. The van der Waals surface area contributed by atoms with Crippen LogP contribution < -0.4 is 10.1 Å². The van der Waals surface area contributed by atoms with Crippen LogP contribution in [0.1, 0.15) is 11.1 Å². The first-order chi connectivity index (χ1) is 9.22. The second kappa shape index (κ2) is 5.87. The van der Waals surface area contributed by atoms with Gasteiger partial charge in [0.05, 0.1) is 18.7 Å². The quantitative estimate of drug-likeness (QED) is 0.912. The topological polar surface area (TPSA) is 45.0 Å². The lowest BCUT2D eigenvalue weighted by Crippen LogP contribution is -2.02. The number of methoxy groups -OCH3 is 1. The third-order valence-electron chi connectivity index (χ3n) is 2.76. The van der Waals surface area contributed by atoms with Gasteiger partial charge < -0.3 is 10.1 Å². The number of nitrogens with one attached hydrogen (secondary N) is 1. The number of nitriles is 1. The van der Waals surface area contributed by atoms with Crippen LogP contribution in [-0.4, -0.2) is 7.11 Å². The SMILES string of the molecule is COc1ccc(NCc2cc(F)ccc2C#N)cc1. The van der Waals surface area contributed by atoms with Crippen LogP contribution in [0.15, 0.2) is 42.5 Å². The molecular weight excluding hydrogens is 243 g/mol. The third kappa shape index (κ3) is 3.23. The zero-order valence-corrected chi connectivity index (χ0v) is 10.5. The van der Waals surface area contributed by atoms with Crippen LogP contribution in [0.2, 0.25) is 0 Å².